The predicted molar refractivity (Wildman–Crippen MR) is 97.4 cm³/mol. The normalized spacial score (nSPS) is 11.0. The Hall–Kier alpha value is -3.15. The van der Waals surface area contributed by atoms with Gasteiger partial charge in [0.25, 0.3) is 5.91 Å². The molecule has 1 amide bonds. The molecule has 6 nitrogen and oxygen atoms in total. The van der Waals surface area contributed by atoms with Crippen LogP contribution in [-0.2, 0) is 16.1 Å². The summed E-state index contributed by atoms with van der Waals surface area (Å²) in [6, 6.07) is 16.6. The van der Waals surface area contributed by atoms with Crippen LogP contribution in [0.3, 0.4) is 0 Å². The lowest BCUT2D eigenvalue weighted by Crippen LogP contribution is -2.19. The molecule has 0 fully saturated rings. The van der Waals surface area contributed by atoms with Crippen molar-refractivity contribution < 1.29 is 14.4 Å². The number of carbonyl (C=O) groups is 2. The molecule has 0 saturated carbocycles. The first-order valence-corrected chi connectivity index (χ1v) is 7.93. The van der Waals surface area contributed by atoms with E-state index in [0.29, 0.717) is 23.5 Å². The fourth-order valence-corrected chi connectivity index (χ4v) is 2.15. The van der Waals surface area contributed by atoms with Gasteiger partial charge in [-0.05, 0) is 31.0 Å². The fourth-order valence-electron chi connectivity index (χ4n) is 2.15. The largest absolute Gasteiger partial charge is 0.384 e. The third-order valence-electron chi connectivity index (χ3n) is 3.44. The Labute approximate surface area is 146 Å². The van der Waals surface area contributed by atoms with Crippen LogP contribution in [0.1, 0.15) is 29.3 Å². The maximum atomic E-state index is 11.8. The zero-order chi connectivity index (χ0) is 18.1. The number of oxime groups is 1. The van der Waals surface area contributed by atoms with Crippen molar-refractivity contribution in [2.45, 2.75) is 19.8 Å². The van der Waals surface area contributed by atoms with Crippen LogP contribution < -0.4 is 11.1 Å². The SMILES string of the molecule is CC(=O)c1cccc(NC(=O)CO/N=C(\N)CCc2ccccc2)c1. The average molecular weight is 339 g/mol. The molecule has 0 aliphatic carbocycles. The van der Waals surface area contributed by atoms with Gasteiger partial charge in [-0.2, -0.15) is 0 Å². The van der Waals surface area contributed by atoms with E-state index in [9.17, 15) is 9.59 Å². The lowest BCUT2D eigenvalue weighted by atomic mass is 10.1. The Morgan fingerprint density at radius 2 is 1.88 bits per heavy atom. The first-order valence-electron chi connectivity index (χ1n) is 7.93. The molecular weight excluding hydrogens is 318 g/mol. The second kappa shape index (κ2) is 9.22. The molecule has 6 heteroatoms. The van der Waals surface area contributed by atoms with Gasteiger partial charge in [-0.3, -0.25) is 9.59 Å². The van der Waals surface area contributed by atoms with E-state index in [1.165, 1.54) is 6.92 Å². The number of hydrogen-bond acceptors (Lipinski definition) is 4. The fraction of sp³-hybridized carbons (Fsp3) is 0.211. The number of nitrogens with zero attached hydrogens (tertiary/aromatic N) is 1. The molecule has 2 aromatic rings. The van der Waals surface area contributed by atoms with Crippen molar-refractivity contribution >= 4 is 23.2 Å². The molecule has 0 aliphatic heterocycles. The van der Waals surface area contributed by atoms with E-state index in [0.717, 1.165) is 12.0 Å². The van der Waals surface area contributed by atoms with Crippen LogP contribution in [0, 0.1) is 0 Å². The summed E-state index contributed by atoms with van der Waals surface area (Å²) in [7, 11) is 0. The summed E-state index contributed by atoms with van der Waals surface area (Å²) < 4.78 is 0. The Balaban J connectivity index is 1.75. The second-order valence-electron chi connectivity index (χ2n) is 5.53. The lowest BCUT2D eigenvalue weighted by molar-refractivity contribution is -0.120. The third-order valence-corrected chi connectivity index (χ3v) is 3.44. The topological polar surface area (TPSA) is 93.8 Å². The number of ketones is 1. The number of nitrogens with two attached hydrogens (primary N) is 1. The van der Waals surface area contributed by atoms with Crippen LogP contribution in [0.2, 0.25) is 0 Å². The predicted octanol–water partition coefficient (Wildman–Crippen LogP) is 2.75. The molecule has 0 spiro atoms. The monoisotopic (exact) mass is 339 g/mol. The number of Topliss-reactive ketones (excluding diaryl/α,β-unsaturated/α-hetero) is 1. The average Bonchev–Trinajstić information content (AvgIpc) is 2.61. The van der Waals surface area contributed by atoms with Crippen molar-refractivity contribution in [3.8, 4) is 0 Å². The van der Waals surface area contributed by atoms with Gasteiger partial charge >= 0.3 is 0 Å². The molecule has 0 unspecified atom stereocenters. The third kappa shape index (κ3) is 6.47. The van der Waals surface area contributed by atoms with E-state index in [2.05, 4.69) is 10.5 Å². The highest BCUT2D eigenvalue weighted by molar-refractivity contribution is 5.97. The second-order valence-corrected chi connectivity index (χ2v) is 5.53. The molecule has 130 valence electrons. The van der Waals surface area contributed by atoms with Gasteiger partial charge in [0.15, 0.2) is 12.4 Å². The van der Waals surface area contributed by atoms with Gasteiger partial charge in [0.05, 0.1) is 0 Å². The summed E-state index contributed by atoms with van der Waals surface area (Å²) >= 11 is 0. The number of nitrogens with one attached hydrogen (secondary N) is 1. The smallest absolute Gasteiger partial charge is 0.265 e. The first-order chi connectivity index (χ1) is 12.0. The van der Waals surface area contributed by atoms with Crippen LogP contribution in [0.15, 0.2) is 59.8 Å². The minimum absolute atomic E-state index is 0.0665. The van der Waals surface area contributed by atoms with Crippen LogP contribution in [-0.4, -0.2) is 24.1 Å². The standard InChI is InChI=1S/C19H21N3O3/c1-14(23)16-8-5-9-17(12-16)21-19(24)13-25-22-18(20)11-10-15-6-3-2-4-7-15/h2-9,12H,10-11,13H2,1H3,(H2,20,22)(H,21,24). The number of benzene rings is 2. The summed E-state index contributed by atoms with van der Waals surface area (Å²) in [6.45, 7) is 1.22. The van der Waals surface area contributed by atoms with Crippen molar-refractivity contribution in [3.05, 3.63) is 65.7 Å². The van der Waals surface area contributed by atoms with Gasteiger partial charge in [-0.1, -0.05) is 47.6 Å². The molecule has 3 N–H and O–H groups in total. The number of carbonyl (C=O) groups excluding carboxylic acids is 2. The maximum absolute atomic E-state index is 11.8. The molecule has 2 aromatic carbocycles. The quantitative estimate of drug-likeness (QED) is 0.335. The Bertz CT molecular complexity index is 758. The van der Waals surface area contributed by atoms with E-state index in [1.807, 2.05) is 30.3 Å². The molecule has 0 saturated heterocycles. The van der Waals surface area contributed by atoms with Gasteiger partial charge < -0.3 is 15.9 Å². The van der Waals surface area contributed by atoms with Gasteiger partial charge in [-0.25, -0.2) is 0 Å². The lowest BCUT2D eigenvalue weighted by Gasteiger charge is -2.06. The van der Waals surface area contributed by atoms with E-state index in [4.69, 9.17) is 10.6 Å². The molecule has 25 heavy (non-hydrogen) atoms. The van der Waals surface area contributed by atoms with Crippen LogP contribution in [0.25, 0.3) is 0 Å². The highest BCUT2D eigenvalue weighted by Crippen LogP contribution is 2.11. The van der Waals surface area contributed by atoms with E-state index in [-0.39, 0.29) is 18.3 Å². The minimum Gasteiger partial charge on any atom is -0.384 e. The molecule has 0 heterocycles. The highest BCUT2D eigenvalue weighted by atomic mass is 16.6. The minimum atomic E-state index is -0.375. The van der Waals surface area contributed by atoms with Gasteiger partial charge in [-0.15, -0.1) is 0 Å². The molecule has 0 atom stereocenters. The molecule has 0 aliphatic rings. The summed E-state index contributed by atoms with van der Waals surface area (Å²) in [4.78, 5) is 28.1. The number of aryl methyl sites for hydroxylation is 1. The summed E-state index contributed by atoms with van der Waals surface area (Å²) in [6.07, 6.45) is 1.30. The number of anilines is 1. The first kappa shape index (κ1) is 18.2. The van der Waals surface area contributed by atoms with E-state index >= 15 is 0 Å². The number of amidine groups is 1. The zero-order valence-electron chi connectivity index (χ0n) is 14.1. The highest BCUT2D eigenvalue weighted by Gasteiger charge is 2.05. The zero-order valence-corrected chi connectivity index (χ0v) is 14.1. The summed E-state index contributed by atoms with van der Waals surface area (Å²) in [5, 5.41) is 6.39. The molecular formula is C19H21N3O3. The number of rotatable bonds is 8. The maximum Gasteiger partial charge on any atom is 0.265 e. The van der Waals surface area contributed by atoms with E-state index in [1.54, 1.807) is 24.3 Å². The van der Waals surface area contributed by atoms with Crippen molar-refractivity contribution in [3.63, 3.8) is 0 Å². The van der Waals surface area contributed by atoms with Crippen LogP contribution in [0.4, 0.5) is 5.69 Å². The Morgan fingerprint density at radius 1 is 1.12 bits per heavy atom. The van der Waals surface area contributed by atoms with Gasteiger partial charge in [0, 0.05) is 17.7 Å². The van der Waals surface area contributed by atoms with Crippen LogP contribution in [0.5, 0.6) is 0 Å². The van der Waals surface area contributed by atoms with Crippen molar-refractivity contribution in [2.24, 2.45) is 10.9 Å². The molecule has 0 radical (unpaired) electrons. The number of amides is 1. The van der Waals surface area contributed by atoms with Gasteiger partial charge in [0.1, 0.15) is 5.84 Å². The Kier molecular flexibility index (Phi) is 6.71. The van der Waals surface area contributed by atoms with Crippen LogP contribution >= 0.6 is 0 Å². The number of hydrogen-bond donors (Lipinski definition) is 2. The summed E-state index contributed by atoms with van der Waals surface area (Å²) in [5.74, 6) is -0.112. The molecule has 0 bridgehead atoms. The molecule has 0 aromatic heterocycles. The van der Waals surface area contributed by atoms with Crippen molar-refractivity contribution in [1.82, 2.24) is 0 Å². The van der Waals surface area contributed by atoms with Crippen molar-refractivity contribution in [1.29, 1.82) is 0 Å². The summed E-state index contributed by atoms with van der Waals surface area (Å²) in [5.41, 5.74) is 7.99. The molecule has 2 rings (SSSR count). The van der Waals surface area contributed by atoms with E-state index < -0.39 is 0 Å². The van der Waals surface area contributed by atoms with Crippen molar-refractivity contribution in [2.75, 3.05) is 11.9 Å². The van der Waals surface area contributed by atoms with Gasteiger partial charge in [0.2, 0.25) is 0 Å². The Morgan fingerprint density at radius 3 is 2.60 bits per heavy atom.